The zero-order valence-electron chi connectivity index (χ0n) is 16.0. The first-order valence-electron chi connectivity index (χ1n) is 8.75. The van der Waals surface area contributed by atoms with Crippen LogP contribution in [0.5, 0.6) is 0 Å². The maximum Gasteiger partial charge on any atom is 0.281 e. The van der Waals surface area contributed by atoms with Gasteiger partial charge in [0.1, 0.15) is 11.5 Å². The lowest BCUT2D eigenvalue weighted by Crippen LogP contribution is -2.37. The van der Waals surface area contributed by atoms with Gasteiger partial charge in [-0.15, -0.1) is 0 Å². The van der Waals surface area contributed by atoms with Gasteiger partial charge in [-0.25, -0.2) is 9.97 Å². The highest BCUT2D eigenvalue weighted by atomic mass is 32.2. The summed E-state index contributed by atoms with van der Waals surface area (Å²) in [6, 6.07) is 0. The maximum absolute atomic E-state index is 12.8. The van der Waals surface area contributed by atoms with Crippen LogP contribution in [0.3, 0.4) is 0 Å². The van der Waals surface area contributed by atoms with Crippen LogP contribution in [0.2, 0.25) is 0 Å². The Hall–Kier alpha value is -2.40. The van der Waals surface area contributed by atoms with Crippen molar-refractivity contribution >= 4 is 27.5 Å². The third-order valence-corrected chi connectivity index (χ3v) is 5.52. The van der Waals surface area contributed by atoms with E-state index in [9.17, 15) is 8.42 Å². The van der Waals surface area contributed by atoms with Crippen molar-refractivity contribution in [2.24, 2.45) is 0 Å². The molecule has 1 N–H and O–H groups in total. The molecule has 1 aliphatic rings. The fraction of sp³-hybridized carbons (Fsp3) is 0.562. The second-order valence-corrected chi connectivity index (χ2v) is 8.05. The number of sulfonamides is 1. The second-order valence-electron chi connectivity index (χ2n) is 6.42. The zero-order valence-corrected chi connectivity index (χ0v) is 16.8. The highest BCUT2D eigenvalue weighted by Gasteiger charge is 2.23. The Morgan fingerprint density at radius 1 is 1.26 bits per heavy atom. The summed E-state index contributed by atoms with van der Waals surface area (Å²) >= 11 is 0. The fourth-order valence-electron chi connectivity index (χ4n) is 2.82. The van der Waals surface area contributed by atoms with Crippen LogP contribution in [0.4, 0.5) is 17.5 Å². The first-order chi connectivity index (χ1) is 12.8. The summed E-state index contributed by atoms with van der Waals surface area (Å²) in [7, 11) is -0.232. The number of imidazole rings is 1. The van der Waals surface area contributed by atoms with E-state index in [1.807, 2.05) is 11.8 Å². The van der Waals surface area contributed by atoms with Crippen LogP contribution in [0.15, 0.2) is 17.4 Å². The molecule has 0 aliphatic carbocycles. The minimum absolute atomic E-state index is 0.0242. The number of hydrogen-bond donors (Lipinski definition) is 1. The van der Waals surface area contributed by atoms with E-state index in [-0.39, 0.29) is 5.03 Å². The Balaban J connectivity index is 1.90. The first kappa shape index (κ1) is 19.4. The molecular formula is C16H25N7O3S. The molecule has 0 radical (unpaired) electrons. The quantitative estimate of drug-likeness (QED) is 0.762. The summed E-state index contributed by atoms with van der Waals surface area (Å²) in [5.74, 6) is 1.68. The lowest BCUT2D eigenvalue weighted by molar-refractivity contribution is 0.122. The molecule has 148 valence electrons. The van der Waals surface area contributed by atoms with Crippen molar-refractivity contribution in [3.8, 4) is 0 Å². The van der Waals surface area contributed by atoms with Crippen LogP contribution >= 0.6 is 0 Å². The van der Waals surface area contributed by atoms with Crippen molar-refractivity contribution in [3.63, 3.8) is 0 Å². The number of aryl methyl sites for hydroxylation is 2. The molecule has 2 aromatic heterocycles. The molecule has 27 heavy (non-hydrogen) atoms. The second kappa shape index (κ2) is 7.69. The molecular weight excluding hydrogens is 370 g/mol. The van der Waals surface area contributed by atoms with E-state index in [1.54, 1.807) is 30.5 Å². The predicted molar refractivity (Wildman–Crippen MR) is 103 cm³/mol. The molecule has 2 aromatic rings. The van der Waals surface area contributed by atoms with Crippen molar-refractivity contribution in [3.05, 3.63) is 18.2 Å². The number of ether oxygens (including phenoxy) is 1. The predicted octanol–water partition coefficient (Wildman–Crippen LogP) is 0.705. The standard InChI is InChI=1S/C16H25N7O3S/c1-5-22-11-14(18-12(22)2)27(24,25)20-13-10-17-16(19-15(13)21(3)4)23-6-8-26-9-7-23/h10-11,20H,5-9H2,1-4H3. The molecule has 0 unspecified atom stereocenters. The van der Waals surface area contributed by atoms with Gasteiger partial charge in [-0.3, -0.25) is 4.72 Å². The summed E-state index contributed by atoms with van der Waals surface area (Å²) in [4.78, 5) is 16.8. The zero-order chi connectivity index (χ0) is 19.6. The normalized spacial score (nSPS) is 15.0. The third-order valence-electron chi connectivity index (χ3n) is 4.29. The number of rotatable bonds is 6. The fourth-order valence-corrected chi connectivity index (χ4v) is 3.87. The van der Waals surface area contributed by atoms with E-state index < -0.39 is 10.0 Å². The third kappa shape index (κ3) is 4.14. The number of morpholine rings is 1. The summed E-state index contributed by atoms with van der Waals surface area (Å²) in [5, 5.41) is -0.0242. The molecule has 10 nitrogen and oxygen atoms in total. The Kier molecular flexibility index (Phi) is 5.51. The van der Waals surface area contributed by atoms with E-state index >= 15 is 0 Å². The molecule has 1 fully saturated rings. The van der Waals surface area contributed by atoms with Crippen molar-refractivity contribution in [2.45, 2.75) is 25.4 Å². The van der Waals surface area contributed by atoms with Crippen molar-refractivity contribution in [1.82, 2.24) is 19.5 Å². The molecule has 3 heterocycles. The number of hydrogen-bond acceptors (Lipinski definition) is 8. The Morgan fingerprint density at radius 3 is 2.56 bits per heavy atom. The van der Waals surface area contributed by atoms with E-state index in [0.29, 0.717) is 56.1 Å². The van der Waals surface area contributed by atoms with Gasteiger partial charge in [0.25, 0.3) is 10.0 Å². The SMILES string of the molecule is CCn1cc(S(=O)(=O)Nc2cnc(N3CCOCC3)nc2N(C)C)nc1C. The van der Waals surface area contributed by atoms with E-state index in [2.05, 4.69) is 19.7 Å². The highest BCUT2D eigenvalue weighted by Crippen LogP contribution is 2.26. The smallest absolute Gasteiger partial charge is 0.281 e. The lowest BCUT2D eigenvalue weighted by Gasteiger charge is -2.28. The molecule has 0 aromatic carbocycles. The molecule has 0 bridgehead atoms. The van der Waals surface area contributed by atoms with Gasteiger partial charge in [0.15, 0.2) is 10.8 Å². The van der Waals surface area contributed by atoms with E-state index in [0.717, 1.165) is 0 Å². The van der Waals surface area contributed by atoms with Gasteiger partial charge in [-0.05, 0) is 13.8 Å². The molecule has 1 saturated heterocycles. The largest absolute Gasteiger partial charge is 0.378 e. The van der Waals surface area contributed by atoms with Crippen LogP contribution in [-0.4, -0.2) is 68.3 Å². The van der Waals surface area contributed by atoms with Gasteiger partial charge < -0.3 is 19.1 Å². The van der Waals surface area contributed by atoms with Crippen LogP contribution in [0, 0.1) is 6.92 Å². The molecule has 0 atom stereocenters. The van der Waals surface area contributed by atoms with Gasteiger partial charge in [0.2, 0.25) is 5.95 Å². The number of aromatic nitrogens is 4. The molecule has 11 heteroatoms. The summed E-state index contributed by atoms with van der Waals surface area (Å²) in [5.41, 5.74) is 0.306. The highest BCUT2D eigenvalue weighted by molar-refractivity contribution is 7.92. The summed E-state index contributed by atoms with van der Waals surface area (Å²) < 4.78 is 35.2. The summed E-state index contributed by atoms with van der Waals surface area (Å²) in [6.45, 7) is 6.99. The monoisotopic (exact) mass is 395 g/mol. The minimum atomic E-state index is -3.84. The van der Waals surface area contributed by atoms with E-state index in [4.69, 9.17) is 4.74 Å². The number of anilines is 3. The Bertz CT molecular complexity index is 905. The molecule has 1 aliphatic heterocycles. The van der Waals surface area contributed by atoms with Crippen LogP contribution in [0.1, 0.15) is 12.7 Å². The topological polar surface area (TPSA) is 105 Å². The lowest BCUT2D eigenvalue weighted by atomic mass is 10.4. The van der Waals surface area contributed by atoms with Gasteiger partial charge in [-0.2, -0.15) is 13.4 Å². The van der Waals surface area contributed by atoms with Gasteiger partial charge in [0.05, 0.1) is 19.4 Å². The van der Waals surface area contributed by atoms with Crippen molar-refractivity contribution < 1.29 is 13.2 Å². The number of nitrogens with zero attached hydrogens (tertiary/aromatic N) is 6. The number of nitrogens with one attached hydrogen (secondary N) is 1. The maximum atomic E-state index is 12.8. The molecule has 0 spiro atoms. The van der Waals surface area contributed by atoms with E-state index in [1.165, 1.54) is 12.4 Å². The van der Waals surface area contributed by atoms with Crippen molar-refractivity contribution in [1.29, 1.82) is 0 Å². The first-order valence-corrected chi connectivity index (χ1v) is 10.2. The molecule has 0 saturated carbocycles. The average molecular weight is 395 g/mol. The molecule has 0 amide bonds. The Labute approximate surface area is 159 Å². The van der Waals surface area contributed by atoms with Crippen LogP contribution < -0.4 is 14.5 Å². The van der Waals surface area contributed by atoms with Crippen LogP contribution in [0.25, 0.3) is 0 Å². The average Bonchev–Trinajstić information content (AvgIpc) is 3.04. The Morgan fingerprint density at radius 2 is 1.96 bits per heavy atom. The molecule has 3 rings (SSSR count). The van der Waals surface area contributed by atoms with Gasteiger partial charge in [-0.1, -0.05) is 0 Å². The summed E-state index contributed by atoms with van der Waals surface area (Å²) in [6.07, 6.45) is 3.02. The van der Waals surface area contributed by atoms with Gasteiger partial charge >= 0.3 is 0 Å². The van der Waals surface area contributed by atoms with Crippen LogP contribution in [-0.2, 0) is 21.3 Å². The van der Waals surface area contributed by atoms with Gasteiger partial charge in [0, 0.05) is 39.9 Å². The minimum Gasteiger partial charge on any atom is -0.378 e. The van der Waals surface area contributed by atoms with Crippen molar-refractivity contribution in [2.75, 3.05) is 54.9 Å².